The van der Waals surface area contributed by atoms with Crippen molar-refractivity contribution in [1.82, 2.24) is 19.6 Å². The van der Waals surface area contributed by atoms with Gasteiger partial charge in [0.25, 0.3) is 10.0 Å². The highest BCUT2D eigenvalue weighted by molar-refractivity contribution is 7.92. The summed E-state index contributed by atoms with van der Waals surface area (Å²) in [5, 5.41) is 8.39. The van der Waals surface area contributed by atoms with Crippen LogP contribution >= 0.6 is 23.2 Å². The Labute approximate surface area is 159 Å². The molecule has 0 radical (unpaired) electrons. The minimum Gasteiger partial charge on any atom is -0.274 e. The highest BCUT2D eigenvalue weighted by Crippen LogP contribution is 2.26. The van der Waals surface area contributed by atoms with Gasteiger partial charge in [-0.1, -0.05) is 29.3 Å². The number of nitrogens with zero attached hydrogens (tertiary/aromatic N) is 4. The molecule has 0 amide bonds. The summed E-state index contributed by atoms with van der Waals surface area (Å²) < 4.78 is 43.9. The van der Waals surface area contributed by atoms with Crippen molar-refractivity contribution in [3.63, 3.8) is 0 Å². The summed E-state index contributed by atoms with van der Waals surface area (Å²) in [7, 11) is -2.30. The fraction of sp³-hybridized carbons (Fsp3) is 0.200. The first-order valence-electron chi connectivity index (χ1n) is 7.36. The number of benzene rings is 1. The zero-order chi connectivity index (χ0) is 19.1. The van der Waals surface area contributed by atoms with Gasteiger partial charge in [-0.15, -0.1) is 0 Å². The zero-order valence-corrected chi connectivity index (χ0v) is 16.1. The van der Waals surface area contributed by atoms with Crippen molar-refractivity contribution in [1.29, 1.82) is 0 Å². The topological polar surface area (TPSA) is 81.8 Å². The first-order chi connectivity index (χ1) is 12.2. The van der Waals surface area contributed by atoms with Crippen LogP contribution in [0.15, 0.2) is 35.5 Å². The molecule has 0 spiro atoms. The summed E-state index contributed by atoms with van der Waals surface area (Å²) in [6.45, 7) is 1.58. The molecule has 11 heteroatoms. The van der Waals surface area contributed by atoms with Gasteiger partial charge in [0.1, 0.15) is 15.7 Å². The molecule has 0 aliphatic carbocycles. The van der Waals surface area contributed by atoms with E-state index in [1.54, 1.807) is 20.0 Å². The number of nitrogens with one attached hydrogen (secondary N) is 1. The third-order valence-corrected chi connectivity index (χ3v) is 5.66. The first-order valence-corrected chi connectivity index (χ1v) is 9.60. The number of halogens is 3. The highest BCUT2D eigenvalue weighted by Gasteiger charge is 2.23. The maximum absolute atomic E-state index is 13.9. The lowest BCUT2D eigenvalue weighted by Gasteiger charge is -2.06. The van der Waals surface area contributed by atoms with Gasteiger partial charge < -0.3 is 0 Å². The fourth-order valence-corrected chi connectivity index (χ4v) is 4.13. The van der Waals surface area contributed by atoms with Crippen molar-refractivity contribution < 1.29 is 12.8 Å². The van der Waals surface area contributed by atoms with Gasteiger partial charge >= 0.3 is 0 Å². The lowest BCUT2D eigenvalue weighted by atomic mass is 10.2. The lowest BCUT2D eigenvalue weighted by Crippen LogP contribution is -2.14. The van der Waals surface area contributed by atoms with Crippen LogP contribution in [0, 0.1) is 12.7 Å². The average Bonchev–Trinajstić information content (AvgIpc) is 3.05. The Morgan fingerprint density at radius 2 is 1.92 bits per heavy atom. The summed E-state index contributed by atoms with van der Waals surface area (Å²) in [6.07, 6.45) is 2.76. The Hall–Kier alpha value is -2.10. The van der Waals surface area contributed by atoms with Crippen molar-refractivity contribution in [3.05, 3.63) is 57.7 Å². The Morgan fingerprint density at radius 1 is 1.19 bits per heavy atom. The van der Waals surface area contributed by atoms with Crippen LogP contribution in [-0.2, 0) is 23.6 Å². The molecule has 0 atom stereocenters. The van der Waals surface area contributed by atoms with Crippen LogP contribution in [0.1, 0.15) is 11.3 Å². The fourth-order valence-electron chi connectivity index (χ4n) is 2.42. The summed E-state index contributed by atoms with van der Waals surface area (Å²) in [4.78, 5) is 0.0164. The van der Waals surface area contributed by atoms with E-state index < -0.39 is 15.8 Å². The number of anilines is 1. The number of hydrogen-bond donors (Lipinski definition) is 1. The summed E-state index contributed by atoms with van der Waals surface area (Å²) in [5.41, 5.74) is 0.569. The Bertz CT molecular complexity index is 1060. The standard InChI is InChI=1S/C15H14Cl2FN5O2S/c1-9-14(8-22(2)19-9)26(24,25)21-15-12(17)7-23(20-15)6-10-11(16)4-3-5-13(10)18/h3-5,7-8H,6H2,1-2H3,(H,20,21). The van der Waals surface area contributed by atoms with Gasteiger partial charge in [0.2, 0.25) is 0 Å². The maximum Gasteiger partial charge on any atom is 0.266 e. The van der Waals surface area contributed by atoms with Crippen molar-refractivity contribution in [2.45, 2.75) is 18.4 Å². The predicted octanol–water partition coefficient (Wildman–Crippen LogP) is 3.22. The number of sulfonamides is 1. The van der Waals surface area contributed by atoms with Crippen LogP contribution in [0.3, 0.4) is 0 Å². The van der Waals surface area contributed by atoms with E-state index >= 15 is 0 Å². The van der Waals surface area contributed by atoms with E-state index in [1.165, 1.54) is 33.9 Å². The van der Waals surface area contributed by atoms with Crippen molar-refractivity contribution in [2.75, 3.05) is 4.72 Å². The molecule has 1 N–H and O–H groups in total. The van der Waals surface area contributed by atoms with Crippen LogP contribution in [0.5, 0.6) is 0 Å². The van der Waals surface area contributed by atoms with Gasteiger partial charge in [-0.25, -0.2) is 12.8 Å². The van der Waals surface area contributed by atoms with Gasteiger partial charge in [0.05, 0.1) is 12.2 Å². The Morgan fingerprint density at radius 3 is 2.54 bits per heavy atom. The van der Waals surface area contributed by atoms with Gasteiger partial charge in [-0.05, 0) is 19.1 Å². The van der Waals surface area contributed by atoms with Crippen LogP contribution in [0.4, 0.5) is 10.2 Å². The summed E-state index contributed by atoms with van der Waals surface area (Å²) in [6, 6.07) is 4.33. The molecule has 0 unspecified atom stereocenters. The molecule has 0 aliphatic heterocycles. The monoisotopic (exact) mass is 417 g/mol. The maximum atomic E-state index is 13.9. The largest absolute Gasteiger partial charge is 0.274 e. The molecule has 0 saturated carbocycles. The normalized spacial score (nSPS) is 11.7. The summed E-state index contributed by atoms with van der Waals surface area (Å²) >= 11 is 12.1. The molecule has 2 heterocycles. The molecule has 0 aliphatic rings. The van der Waals surface area contributed by atoms with E-state index in [0.717, 1.165) is 0 Å². The molecular weight excluding hydrogens is 404 g/mol. The van der Waals surface area contributed by atoms with Crippen LogP contribution in [-0.4, -0.2) is 28.0 Å². The molecule has 138 valence electrons. The third kappa shape index (κ3) is 3.69. The van der Waals surface area contributed by atoms with E-state index in [1.807, 2.05) is 0 Å². The first kappa shape index (κ1) is 18.7. The van der Waals surface area contributed by atoms with E-state index in [2.05, 4.69) is 14.9 Å². The number of hydrogen-bond acceptors (Lipinski definition) is 4. The average molecular weight is 418 g/mol. The second-order valence-corrected chi connectivity index (χ2v) is 8.05. The van der Waals surface area contributed by atoms with Gasteiger partial charge in [-0.3, -0.25) is 14.1 Å². The number of aromatic nitrogens is 4. The van der Waals surface area contributed by atoms with Gasteiger partial charge in [-0.2, -0.15) is 10.2 Å². The van der Waals surface area contributed by atoms with Gasteiger partial charge in [0, 0.05) is 30.0 Å². The second kappa shape index (κ2) is 6.90. The molecule has 0 saturated heterocycles. The zero-order valence-electron chi connectivity index (χ0n) is 13.7. The minimum absolute atomic E-state index is 0.00112. The molecule has 1 aromatic carbocycles. The lowest BCUT2D eigenvalue weighted by molar-refractivity contribution is 0.585. The quantitative estimate of drug-likeness (QED) is 0.690. The van der Waals surface area contributed by atoms with E-state index in [4.69, 9.17) is 23.2 Å². The van der Waals surface area contributed by atoms with Crippen molar-refractivity contribution in [2.24, 2.45) is 7.05 Å². The second-order valence-electron chi connectivity index (χ2n) is 5.58. The molecular formula is C15H14Cl2FN5O2S. The van der Waals surface area contributed by atoms with E-state index in [9.17, 15) is 12.8 Å². The minimum atomic E-state index is -3.92. The molecule has 0 fully saturated rings. The molecule has 3 aromatic rings. The van der Waals surface area contributed by atoms with E-state index in [0.29, 0.717) is 5.69 Å². The Balaban J connectivity index is 1.88. The summed E-state index contributed by atoms with van der Waals surface area (Å²) in [5.74, 6) is -0.556. The van der Waals surface area contributed by atoms with E-state index in [-0.39, 0.29) is 32.9 Å². The van der Waals surface area contributed by atoms with Crippen LogP contribution in [0.25, 0.3) is 0 Å². The molecule has 3 rings (SSSR count). The smallest absolute Gasteiger partial charge is 0.266 e. The molecule has 26 heavy (non-hydrogen) atoms. The van der Waals surface area contributed by atoms with Crippen molar-refractivity contribution in [3.8, 4) is 0 Å². The Kier molecular flexibility index (Phi) is 4.96. The molecule has 7 nitrogen and oxygen atoms in total. The van der Waals surface area contributed by atoms with Crippen LogP contribution < -0.4 is 4.72 Å². The third-order valence-electron chi connectivity index (χ3n) is 3.59. The number of rotatable bonds is 5. The SMILES string of the molecule is Cc1nn(C)cc1S(=O)(=O)Nc1nn(Cc2c(F)cccc2Cl)cc1Cl. The van der Waals surface area contributed by atoms with Crippen molar-refractivity contribution >= 4 is 39.0 Å². The number of aryl methyl sites for hydroxylation is 2. The predicted molar refractivity (Wildman–Crippen MR) is 96.5 cm³/mol. The van der Waals surface area contributed by atoms with Gasteiger partial charge in [0.15, 0.2) is 5.82 Å². The molecule has 0 bridgehead atoms. The highest BCUT2D eigenvalue weighted by atomic mass is 35.5. The van der Waals surface area contributed by atoms with Crippen LogP contribution in [0.2, 0.25) is 10.0 Å². The molecule has 2 aromatic heterocycles.